The summed E-state index contributed by atoms with van der Waals surface area (Å²) < 4.78 is 1.71. The Morgan fingerprint density at radius 1 is 1.21 bits per heavy atom. The molecule has 0 aliphatic heterocycles. The Kier molecular flexibility index (Phi) is 3.62. The van der Waals surface area contributed by atoms with E-state index in [-0.39, 0.29) is 5.91 Å². The summed E-state index contributed by atoms with van der Waals surface area (Å²) in [4.78, 5) is 16.6. The molecule has 100 valence electrons. The van der Waals surface area contributed by atoms with Crippen LogP contribution in [0.25, 0.3) is 11.0 Å². The van der Waals surface area contributed by atoms with E-state index in [0.717, 1.165) is 23.4 Å². The summed E-state index contributed by atoms with van der Waals surface area (Å²) in [5.41, 5.74) is 1.82. The molecule has 0 saturated heterocycles. The largest absolute Gasteiger partial charge is 0.274 e. The van der Waals surface area contributed by atoms with Crippen LogP contribution in [0, 0.1) is 5.92 Å². The van der Waals surface area contributed by atoms with Gasteiger partial charge in [-0.2, -0.15) is 0 Å². The third-order valence-electron chi connectivity index (χ3n) is 4.21. The Balaban J connectivity index is 1.66. The smallest absolute Gasteiger partial charge is 0.232 e. The third kappa shape index (κ3) is 2.70. The van der Waals surface area contributed by atoms with E-state index in [1.54, 1.807) is 10.9 Å². The first-order chi connectivity index (χ1) is 9.34. The normalized spacial score (nSPS) is 16.8. The molecule has 1 fully saturated rings. The van der Waals surface area contributed by atoms with Crippen LogP contribution in [0.15, 0.2) is 30.6 Å². The van der Waals surface area contributed by atoms with Crippen molar-refractivity contribution in [2.75, 3.05) is 0 Å². The van der Waals surface area contributed by atoms with Crippen molar-refractivity contribution in [3.63, 3.8) is 0 Å². The molecule has 0 radical (unpaired) electrons. The van der Waals surface area contributed by atoms with E-state index in [1.165, 1.54) is 32.1 Å². The molecule has 0 N–H and O–H groups in total. The molecule has 3 nitrogen and oxygen atoms in total. The van der Waals surface area contributed by atoms with Gasteiger partial charge < -0.3 is 0 Å². The molecule has 0 bridgehead atoms. The number of para-hydroxylation sites is 2. The molecule has 0 unspecified atom stereocenters. The maximum atomic E-state index is 12.3. The van der Waals surface area contributed by atoms with Crippen molar-refractivity contribution in [2.45, 2.75) is 44.9 Å². The van der Waals surface area contributed by atoms with Crippen molar-refractivity contribution < 1.29 is 4.79 Å². The van der Waals surface area contributed by atoms with Gasteiger partial charge in [-0.05, 0) is 24.5 Å². The highest BCUT2D eigenvalue weighted by molar-refractivity contribution is 5.90. The molecule has 1 aromatic carbocycles. The minimum Gasteiger partial charge on any atom is -0.274 e. The minimum absolute atomic E-state index is 0.180. The fraction of sp³-hybridized carbons (Fsp3) is 0.500. The van der Waals surface area contributed by atoms with Gasteiger partial charge in [0.05, 0.1) is 11.0 Å². The highest BCUT2D eigenvalue weighted by atomic mass is 16.2. The maximum Gasteiger partial charge on any atom is 0.232 e. The van der Waals surface area contributed by atoms with Crippen LogP contribution in [0.2, 0.25) is 0 Å². The lowest BCUT2D eigenvalue weighted by molar-refractivity contribution is 0.0894. The summed E-state index contributed by atoms with van der Waals surface area (Å²) in [5.74, 6) is 0.937. The Morgan fingerprint density at radius 3 is 2.84 bits per heavy atom. The van der Waals surface area contributed by atoms with Gasteiger partial charge in [-0.15, -0.1) is 0 Å². The number of carbonyl (C=O) groups excluding carboxylic acids is 1. The number of aromatic nitrogens is 2. The second-order valence-corrected chi connectivity index (χ2v) is 5.54. The van der Waals surface area contributed by atoms with Gasteiger partial charge in [0.1, 0.15) is 6.33 Å². The quantitative estimate of drug-likeness (QED) is 0.830. The summed E-state index contributed by atoms with van der Waals surface area (Å²) in [5, 5.41) is 0. The number of hydrogen-bond acceptors (Lipinski definition) is 2. The number of fused-ring (bicyclic) bond motifs is 1. The monoisotopic (exact) mass is 256 g/mol. The van der Waals surface area contributed by atoms with Crippen LogP contribution in [0.4, 0.5) is 0 Å². The molecule has 0 spiro atoms. The van der Waals surface area contributed by atoms with E-state index in [2.05, 4.69) is 4.98 Å². The summed E-state index contributed by atoms with van der Waals surface area (Å²) in [7, 11) is 0. The Bertz CT molecular complexity index is 567. The predicted molar refractivity (Wildman–Crippen MR) is 76.2 cm³/mol. The van der Waals surface area contributed by atoms with Crippen LogP contribution >= 0.6 is 0 Å². The first-order valence-corrected chi connectivity index (χ1v) is 7.30. The number of hydrogen-bond donors (Lipinski definition) is 0. The van der Waals surface area contributed by atoms with E-state index >= 15 is 0 Å². The van der Waals surface area contributed by atoms with Crippen molar-refractivity contribution >= 4 is 16.9 Å². The van der Waals surface area contributed by atoms with Crippen molar-refractivity contribution in [1.82, 2.24) is 9.55 Å². The molecular weight excluding hydrogens is 236 g/mol. The first-order valence-electron chi connectivity index (χ1n) is 7.30. The SMILES string of the molecule is O=C(CCC1CCCCC1)n1cnc2ccccc21. The van der Waals surface area contributed by atoms with E-state index in [9.17, 15) is 4.79 Å². The van der Waals surface area contributed by atoms with Crippen LogP contribution in [-0.2, 0) is 0 Å². The molecule has 3 rings (SSSR count). The van der Waals surface area contributed by atoms with Crippen LogP contribution < -0.4 is 0 Å². The molecule has 19 heavy (non-hydrogen) atoms. The lowest BCUT2D eigenvalue weighted by atomic mass is 9.86. The predicted octanol–water partition coefficient (Wildman–Crippen LogP) is 4.04. The Hall–Kier alpha value is -1.64. The number of benzene rings is 1. The molecule has 2 aromatic rings. The van der Waals surface area contributed by atoms with Crippen LogP contribution in [0.1, 0.15) is 49.7 Å². The molecule has 1 heterocycles. The molecule has 1 aliphatic rings. The van der Waals surface area contributed by atoms with Crippen molar-refractivity contribution in [2.24, 2.45) is 5.92 Å². The molecule has 0 amide bonds. The zero-order valence-corrected chi connectivity index (χ0v) is 11.2. The molecule has 3 heteroatoms. The fourth-order valence-electron chi connectivity index (χ4n) is 3.08. The molecule has 1 aliphatic carbocycles. The van der Waals surface area contributed by atoms with Crippen LogP contribution in [0.5, 0.6) is 0 Å². The highest BCUT2D eigenvalue weighted by Gasteiger charge is 2.16. The van der Waals surface area contributed by atoms with E-state index in [4.69, 9.17) is 0 Å². The van der Waals surface area contributed by atoms with Gasteiger partial charge >= 0.3 is 0 Å². The molecular formula is C16H20N2O. The van der Waals surface area contributed by atoms with Crippen LogP contribution in [-0.4, -0.2) is 15.5 Å². The third-order valence-corrected chi connectivity index (χ3v) is 4.21. The second-order valence-electron chi connectivity index (χ2n) is 5.54. The number of nitrogens with zero attached hydrogens (tertiary/aromatic N) is 2. The van der Waals surface area contributed by atoms with E-state index < -0.39 is 0 Å². The molecule has 1 aromatic heterocycles. The van der Waals surface area contributed by atoms with Crippen molar-refractivity contribution in [3.05, 3.63) is 30.6 Å². The van der Waals surface area contributed by atoms with Gasteiger partial charge in [-0.3, -0.25) is 9.36 Å². The second kappa shape index (κ2) is 5.55. The summed E-state index contributed by atoms with van der Waals surface area (Å²) in [6, 6.07) is 7.81. The zero-order valence-electron chi connectivity index (χ0n) is 11.2. The Morgan fingerprint density at radius 2 is 2.00 bits per heavy atom. The summed E-state index contributed by atoms with van der Waals surface area (Å²) >= 11 is 0. The first kappa shape index (κ1) is 12.4. The average Bonchev–Trinajstić information content (AvgIpc) is 2.90. The van der Waals surface area contributed by atoms with Gasteiger partial charge in [0.25, 0.3) is 0 Å². The summed E-state index contributed by atoms with van der Waals surface area (Å²) in [6.45, 7) is 0. The number of imidazole rings is 1. The van der Waals surface area contributed by atoms with Gasteiger partial charge in [0.15, 0.2) is 0 Å². The maximum absolute atomic E-state index is 12.3. The molecule has 1 saturated carbocycles. The fourth-order valence-corrected chi connectivity index (χ4v) is 3.08. The lowest BCUT2D eigenvalue weighted by Gasteiger charge is -2.20. The minimum atomic E-state index is 0.180. The van der Waals surface area contributed by atoms with Gasteiger partial charge in [0, 0.05) is 6.42 Å². The molecule has 0 atom stereocenters. The number of carbonyl (C=O) groups is 1. The summed E-state index contributed by atoms with van der Waals surface area (Å²) in [6.07, 6.45) is 10.00. The van der Waals surface area contributed by atoms with E-state index in [0.29, 0.717) is 6.42 Å². The van der Waals surface area contributed by atoms with Gasteiger partial charge in [-0.25, -0.2) is 4.98 Å². The Labute approximate surface area is 113 Å². The standard InChI is InChI=1S/C16H20N2O/c19-16(11-10-13-6-2-1-3-7-13)18-12-17-14-8-4-5-9-15(14)18/h4-5,8-9,12-13H,1-3,6-7,10-11H2. The van der Waals surface area contributed by atoms with Crippen molar-refractivity contribution in [3.8, 4) is 0 Å². The van der Waals surface area contributed by atoms with Gasteiger partial charge in [-0.1, -0.05) is 44.2 Å². The van der Waals surface area contributed by atoms with Crippen molar-refractivity contribution in [1.29, 1.82) is 0 Å². The average molecular weight is 256 g/mol. The van der Waals surface area contributed by atoms with Gasteiger partial charge in [0.2, 0.25) is 5.91 Å². The van der Waals surface area contributed by atoms with Crippen LogP contribution in [0.3, 0.4) is 0 Å². The lowest BCUT2D eigenvalue weighted by Crippen LogP contribution is -2.13. The highest BCUT2D eigenvalue weighted by Crippen LogP contribution is 2.27. The topological polar surface area (TPSA) is 34.9 Å². The zero-order chi connectivity index (χ0) is 13.1. The number of rotatable bonds is 3. The van der Waals surface area contributed by atoms with E-state index in [1.807, 2.05) is 24.3 Å².